The predicted octanol–water partition coefficient (Wildman–Crippen LogP) is 4.85. The third-order valence-electron chi connectivity index (χ3n) is 4.60. The molecule has 4 atom stereocenters. The van der Waals surface area contributed by atoms with Crippen molar-refractivity contribution in [2.45, 2.75) is 50.9 Å². The van der Waals surface area contributed by atoms with Gasteiger partial charge in [-0.1, -0.05) is 24.6 Å². The molecule has 2 aliphatic heterocycles. The average Bonchev–Trinajstić information content (AvgIpc) is 3.10. The zero-order valence-corrected chi connectivity index (χ0v) is 14.4. The third-order valence-corrected chi connectivity index (χ3v) is 5.85. The summed E-state index contributed by atoms with van der Waals surface area (Å²) < 4.78 is 21.1. The molecule has 2 aliphatic rings. The van der Waals surface area contributed by atoms with Crippen LogP contribution in [0.15, 0.2) is 16.6 Å². The second-order valence-corrected chi connectivity index (χ2v) is 7.20. The molecular formula is C16H20BrClFNO. The van der Waals surface area contributed by atoms with Gasteiger partial charge in [-0.3, -0.25) is 0 Å². The topological polar surface area (TPSA) is 21.3 Å². The van der Waals surface area contributed by atoms with Gasteiger partial charge in [-0.2, -0.15) is 0 Å². The van der Waals surface area contributed by atoms with Crippen LogP contribution in [0.4, 0.5) is 4.39 Å². The van der Waals surface area contributed by atoms with Crippen molar-refractivity contribution in [3.8, 4) is 0 Å². The van der Waals surface area contributed by atoms with Crippen molar-refractivity contribution < 1.29 is 9.13 Å². The van der Waals surface area contributed by atoms with Crippen molar-refractivity contribution in [2.24, 2.45) is 5.92 Å². The Morgan fingerprint density at radius 1 is 1.48 bits per heavy atom. The Balaban J connectivity index is 1.90. The number of ether oxygens (including phenoxy) is 1. The maximum Gasteiger partial charge on any atom is 0.147 e. The summed E-state index contributed by atoms with van der Waals surface area (Å²) in [5.74, 6) is 0.0180. The largest absolute Gasteiger partial charge is 0.375 e. The van der Waals surface area contributed by atoms with Gasteiger partial charge in [0.25, 0.3) is 0 Å². The molecule has 5 heteroatoms. The number of halogens is 3. The molecule has 0 spiro atoms. The van der Waals surface area contributed by atoms with Crippen molar-refractivity contribution in [1.82, 2.24) is 5.32 Å². The molecular weight excluding hydrogens is 357 g/mol. The first-order valence-corrected chi connectivity index (χ1v) is 8.81. The lowest BCUT2D eigenvalue weighted by Crippen LogP contribution is -2.34. The molecule has 2 bridgehead atoms. The van der Waals surface area contributed by atoms with Crippen LogP contribution < -0.4 is 5.32 Å². The number of rotatable bonds is 5. The fraction of sp³-hybridized carbons (Fsp3) is 0.625. The third kappa shape index (κ3) is 3.00. The van der Waals surface area contributed by atoms with Crippen LogP contribution in [0.3, 0.4) is 0 Å². The predicted molar refractivity (Wildman–Crippen MR) is 86.1 cm³/mol. The van der Waals surface area contributed by atoms with Gasteiger partial charge in [-0.05, 0) is 54.2 Å². The fourth-order valence-electron chi connectivity index (χ4n) is 3.60. The van der Waals surface area contributed by atoms with Crippen LogP contribution in [-0.2, 0) is 4.74 Å². The lowest BCUT2D eigenvalue weighted by molar-refractivity contribution is 0.0854. The molecule has 1 aromatic carbocycles. The maximum absolute atomic E-state index is 14.6. The smallest absolute Gasteiger partial charge is 0.147 e. The SMILES string of the molecule is CCCNC(c1ccc(Br)c(Cl)c1F)C1CC2CCC1O2. The molecule has 0 radical (unpaired) electrons. The summed E-state index contributed by atoms with van der Waals surface area (Å²) in [4.78, 5) is 0. The van der Waals surface area contributed by atoms with Gasteiger partial charge >= 0.3 is 0 Å². The van der Waals surface area contributed by atoms with E-state index in [4.69, 9.17) is 16.3 Å². The molecule has 2 heterocycles. The van der Waals surface area contributed by atoms with Gasteiger partial charge in [0.1, 0.15) is 5.82 Å². The maximum atomic E-state index is 14.6. The Hall–Kier alpha value is -0.160. The number of hydrogen-bond acceptors (Lipinski definition) is 2. The zero-order chi connectivity index (χ0) is 15.0. The first-order chi connectivity index (χ1) is 10.1. The minimum absolute atomic E-state index is 0.0224. The highest BCUT2D eigenvalue weighted by Gasteiger charge is 2.45. The monoisotopic (exact) mass is 375 g/mol. The molecule has 21 heavy (non-hydrogen) atoms. The minimum Gasteiger partial charge on any atom is -0.375 e. The standard InChI is InChI=1S/C16H20BrClFNO/c1-2-7-20-16(11-8-9-3-6-13(11)21-9)10-4-5-12(17)14(18)15(10)19/h4-5,9,11,13,16,20H,2-3,6-8H2,1H3. The second-order valence-electron chi connectivity index (χ2n) is 5.97. The van der Waals surface area contributed by atoms with E-state index in [2.05, 4.69) is 28.2 Å². The minimum atomic E-state index is -0.317. The Labute approximate surface area is 138 Å². The molecule has 1 N–H and O–H groups in total. The Kier molecular flexibility index (Phi) is 4.89. The van der Waals surface area contributed by atoms with Gasteiger partial charge in [-0.15, -0.1) is 0 Å². The van der Waals surface area contributed by atoms with Crippen molar-refractivity contribution in [2.75, 3.05) is 6.54 Å². The highest BCUT2D eigenvalue weighted by Crippen LogP contribution is 2.46. The summed E-state index contributed by atoms with van der Waals surface area (Å²) >= 11 is 9.35. The van der Waals surface area contributed by atoms with Crippen LogP contribution in [-0.4, -0.2) is 18.8 Å². The quantitative estimate of drug-likeness (QED) is 0.742. The van der Waals surface area contributed by atoms with Gasteiger partial charge in [0.2, 0.25) is 0 Å². The van der Waals surface area contributed by atoms with Crippen LogP contribution in [0.2, 0.25) is 5.02 Å². The number of nitrogens with one attached hydrogen (secondary N) is 1. The van der Waals surface area contributed by atoms with Crippen LogP contribution in [0, 0.1) is 11.7 Å². The molecule has 0 amide bonds. The van der Waals surface area contributed by atoms with Gasteiger partial charge in [-0.25, -0.2) is 4.39 Å². The highest BCUT2D eigenvalue weighted by atomic mass is 79.9. The molecule has 2 fully saturated rings. The molecule has 3 rings (SSSR count). The molecule has 1 aromatic rings. The van der Waals surface area contributed by atoms with Gasteiger partial charge < -0.3 is 10.1 Å². The number of fused-ring (bicyclic) bond motifs is 2. The Bertz CT molecular complexity index is 527. The van der Waals surface area contributed by atoms with E-state index < -0.39 is 0 Å². The van der Waals surface area contributed by atoms with Crippen LogP contribution in [0.1, 0.15) is 44.2 Å². The van der Waals surface area contributed by atoms with E-state index in [1.807, 2.05) is 12.1 Å². The van der Waals surface area contributed by atoms with E-state index in [0.29, 0.717) is 22.1 Å². The van der Waals surface area contributed by atoms with E-state index in [0.717, 1.165) is 32.2 Å². The number of hydrogen-bond donors (Lipinski definition) is 1. The van der Waals surface area contributed by atoms with Crippen molar-refractivity contribution in [3.63, 3.8) is 0 Å². The molecule has 2 nitrogen and oxygen atoms in total. The van der Waals surface area contributed by atoms with E-state index in [1.54, 1.807) is 0 Å². The molecule has 0 aliphatic carbocycles. The van der Waals surface area contributed by atoms with Crippen LogP contribution in [0.25, 0.3) is 0 Å². The molecule has 2 saturated heterocycles. The summed E-state index contributed by atoms with van der Waals surface area (Å²) in [7, 11) is 0. The lowest BCUT2D eigenvalue weighted by Gasteiger charge is -2.30. The molecule has 116 valence electrons. The summed E-state index contributed by atoms with van der Waals surface area (Å²) in [6, 6.07) is 3.64. The molecule has 0 aromatic heterocycles. The van der Waals surface area contributed by atoms with E-state index in [9.17, 15) is 4.39 Å². The second kappa shape index (κ2) is 6.53. The normalized spacial score (nSPS) is 29.0. The first-order valence-electron chi connectivity index (χ1n) is 7.64. The Morgan fingerprint density at radius 2 is 2.29 bits per heavy atom. The zero-order valence-electron chi connectivity index (χ0n) is 12.0. The average molecular weight is 377 g/mol. The van der Waals surface area contributed by atoms with Crippen molar-refractivity contribution in [3.05, 3.63) is 33.0 Å². The van der Waals surface area contributed by atoms with Gasteiger partial charge in [0.15, 0.2) is 0 Å². The van der Waals surface area contributed by atoms with Crippen molar-refractivity contribution >= 4 is 27.5 Å². The molecule has 4 unspecified atom stereocenters. The van der Waals surface area contributed by atoms with E-state index in [-0.39, 0.29) is 23.0 Å². The van der Waals surface area contributed by atoms with Gasteiger partial charge in [0.05, 0.1) is 17.2 Å². The Morgan fingerprint density at radius 3 is 2.90 bits per heavy atom. The fourth-order valence-corrected chi connectivity index (χ4v) is 4.08. The molecule has 0 saturated carbocycles. The van der Waals surface area contributed by atoms with E-state index in [1.165, 1.54) is 0 Å². The van der Waals surface area contributed by atoms with Crippen molar-refractivity contribution in [1.29, 1.82) is 0 Å². The highest BCUT2D eigenvalue weighted by molar-refractivity contribution is 9.10. The van der Waals surface area contributed by atoms with Crippen LogP contribution >= 0.6 is 27.5 Å². The summed E-state index contributed by atoms with van der Waals surface area (Å²) in [5.41, 5.74) is 0.665. The summed E-state index contributed by atoms with van der Waals surface area (Å²) in [6.45, 7) is 2.98. The number of benzene rings is 1. The summed E-state index contributed by atoms with van der Waals surface area (Å²) in [6.07, 6.45) is 4.88. The first kappa shape index (κ1) is 15.7. The lowest BCUT2D eigenvalue weighted by atomic mass is 9.81. The summed E-state index contributed by atoms with van der Waals surface area (Å²) in [5, 5.41) is 3.67. The van der Waals surface area contributed by atoms with Crippen LogP contribution in [0.5, 0.6) is 0 Å². The van der Waals surface area contributed by atoms with Gasteiger partial charge in [0, 0.05) is 22.0 Å². The van der Waals surface area contributed by atoms with E-state index >= 15 is 0 Å².